The molecule has 6 heteroatoms. The maximum atomic E-state index is 13.8. The van der Waals surface area contributed by atoms with Crippen molar-refractivity contribution >= 4 is 21.6 Å². The molecule has 0 aliphatic heterocycles. The summed E-state index contributed by atoms with van der Waals surface area (Å²) in [7, 11) is -3.43. The Bertz CT molecular complexity index is 512. The van der Waals surface area contributed by atoms with Gasteiger partial charge in [0.1, 0.15) is 5.82 Å². The summed E-state index contributed by atoms with van der Waals surface area (Å²) >= 11 is 1.09. The highest BCUT2D eigenvalue weighted by Crippen LogP contribution is 2.29. The van der Waals surface area contributed by atoms with E-state index in [-0.39, 0.29) is 15.8 Å². The second kappa shape index (κ2) is 5.37. The lowest BCUT2D eigenvalue weighted by Gasteiger charge is -2.11. The second-order valence-corrected chi connectivity index (χ2v) is 6.86. The van der Waals surface area contributed by atoms with E-state index in [0.717, 1.165) is 18.0 Å². The first-order valence-electron chi connectivity index (χ1n) is 5.07. The van der Waals surface area contributed by atoms with Gasteiger partial charge in [-0.2, -0.15) is 0 Å². The van der Waals surface area contributed by atoms with Crippen molar-refractivity contribution in [3.05, 3.63) is 23.5 Å². The van der Waals surface area contributed by atoms with Crippen molar-refractivity contribution in [1.82, 2.24) is 0 Å². The Morgan fingerprint density at radius 3 is 2.47 bits per heavy atom. The number of hydrogen-bond donors (Lipinski definition) is 1. The first-order valence-corrected chi connectivity index (χ1v) is 8.19. The van der Waals surface area contributed by atoms with Crippen LogP contribution in [0.5, 0.6) is 0 Å². The van der Waals surface area contributed by atoms with Crippen LogP contribution in [0.15, 0.2) is 21.9 Å². The molecule has 0 aliphatic rings. The average Bonchev–Trinajstić information content (AvgIpc) is 2.14. The van der Waals surface area contributed by atoms with E-state index in [1.165, 1.54) is 12.1 Å². The van der Waals surface area contributed by atoms with Gasteiger partial charge in [-0.05, 0) is 37.3 Å². The summed E-state index contributed by atoms with van der Waals surface area (Å²) in [5, 5.41) is 0. The molecular weight excluding hydrogens is 261 g/mol. The van der Waals surface area contributed by atoms with Crippen molar-refractivity contribution in [2.24, 2.45) is 5.73 Å². The summed E-state index contributed by atoms with van der Waals surface area (Å²) in [6, 6.07) is 2.72. The van der Waals surface area contributed by atoms with E-state index in [4.69, 9.17) is 5.73 Å². The highest BCUT2D eigenvalue weighted by Gasteiger charge is 2.18. The van der Waals surface area contributed by atoms with E-state index in [1.807, 2.05) is 0 Å². The van der Waals surface area contributed by atoms with Crippen molar-refractivity contribution < 1.29 is 12.8 Å². The Morgan fingerprint density at radius 1 is 1.47 bits per heavy atom. The molecule has 0 heterocycles. The predicted molar refractivity (Wildman–Crippen MR) is 68.6 cm³/mol. The summed E-state index contributed by atoms with van der Waals surface area (Å²) in [6.45, 7) is 1.79. The number of rotatable bonds is 4. The van der Waals surface area contributed by atoms with Crippen molar-refractivity contribution in [3.63, 3.8) is 0 Å². The van der Waals surface area contributed by atoms with Gasteiger partial charge in [-0.1, -0.05) is 0 Å². The number of sulfone groups is 1. The first kappa shape index (κ1) is 14.5. The van der Waals surface area contributed by atoms with Crippen molar-refractivity contribution in [2.75, 3.05) is 12.5 Å². The fourth-order valence-corrected chi connectivity index (χ4v) is 3.60. The van der Waals surface area contributed by atoms with Gasteiger partial charge in [0.25, 0.3) is 0 Å². The molecule has 0 aliphatic carbocycles. The zero-order valence-electron chi connectivity index (χ0n) is 10.0. The van der Waals surface area contributed by atoms with Crippen LogP contribution in [0.3, 0.4) is 0 Å². The molecule has 2 N–H and O–H groups in total. The van der Waals surface area contributed by atoms with Crippen LogP contribution in [0.4, 0.5) is 4.39 Å². The summed E-state index contributed by atoms with van der Waals surface area (Å²) in [6.07, 6.45) is 3.18. The number of hydrogen-bond acceptors (Lipinski definition) is 4. The zero-order valence-corrected chi connectivity index (χ0v) is 11.7. The van der Waals surface area contributed by atoms with Gasteiger partial charge in [0, 0.05) is 12.3 Å². The normalized spacial score (nSPS) is 13.7. The van der Waals surface area contributed by atoms with E-state index < -0.39 is 15.7 Å². The lowest BCUT2D eigenvalue weighted by Crippen LogP contribution is -2.18. The molecule has 0 aromatic heterocycles. The number of thioether (sulfide) groups is 1. The highest BCUT2D eigenvalue weighted by atomic mass is 32.2. The van der Waals surface area contributed by atoms with Crippen molar-refractivity contribution in [1.29, 1.82) is 0 Å². The van der Waals surface area contributed by atoms with Crippen LogP contribution < -0.4 is 5.73 Å². The molecule has 3 nitrogen and oxygen atoms in total. The predicted octanol–water partition coefficient (Wildman–Crippen LogP) is 1.84. The molecule has 0 fully saturated rings. The fourth-order valence-electron chi connectivity index (χ4n) is 1.58. The first-order chi connectivity index (χ1) is 7.75. The topological polar surface area (TPSA) is 60.2 Å². The smallest absolute Gasteiger partial charge is 0.176 e. The van der Waals surface area contributed by atoms with Gasteiger partial charge in [-0.25, -0.2) is 12.8 Å². The molecule has 17 heavy (non-hydrogen) atoms. The maximum Gasteiger partial charge on any atom is 0.176 e. The molecule has 1 aromatic carbocycles. The third-order valence-corrected chi connectivity index (χ3v) is 4.30. The van der Waals surface area contributed by atoms with Gasteiger partial charge < -0.3 is 5.73 Å². The molecule has 1 unspecified atom stereocenters. The van der Waals surface area contributed by atoms with Crippen molar-refractivity contribution in [3.8, 4) is 0 Å². The molecular formula is C11H16FNO2S2. The van der Waals surface area contributed by atoms with Gasteiger partial charge in [-0.3, -0.25) is 0 Å². The number of halogens is 1. The summed E-state index contributed by atoms with van der Waals surface area (Å²) in [5.41, 5.74) is 6.23. The molecule has 0 spiro atoms. The third kappa shape index (κ3) is 3.69. The van der Waals surface area contributed by atoms with Crippen LogP contribution in [-0.4, -0.2) is 27.0 Å². The molecule has 0 saturated carbocycles. The minimum absolute atomic E-state index is 0.0423. The standard InChI is InChI=1S/C11H16FNO2S2/c1-7(13)4-8-5-9(12)11(16-2)10(6-8)17(3,14)15/h5-7H,4,13H2,1-3H3. The monoisotopic (exact) mass is 277 g/mol. The van der Waals surface area contributed by atoms with Crippen LogP contribution in [-0.2, 0) is 16.3 Å². The van der Waals surface area contributed by atoms with Crippen LogP contribution in [0.25, 0.3) is 0 Å². The van der Waals surface area contributed by atoms with Crippen LogP contribution >= 0.6 is 11.8 Å². The van der Waals surface area contributed by atoms with E-state index >= 15 is 0 Å². The Morgan fingerprint density at radius 2 is 2.06 bits per heavy atom. The van der Waals surface area contributed by atoms with Gasteiger partial charge in [0.15, 0.2) is 9.84 Å². The largest absolute Gasteiger partial charge is 0.328 e. The minimum Gasteiger partial charge on any atom is -0.328 e. The van der Waals surface area contributed by atoms with Gasteiger partial charge in [0.2, 0.25) is 0 Å². The molecule has 96 valence electrons. The third-order valence-electron chi connectivity index (χ3n) is 2.23. The molecule has 1 rings (SSSR count). The molecule has 1 aromatic rings. The Hall–Kier alpha value is -0.590. The van der Waals surface area contributed by atoms with Gasteiger partial charge in [-0.15, -0.1) is 11.8 Å². The Balaban J connectivity index is 3.39. The quantitative estimate of drug-likeness (QED) is 0.853. The zero-order chi connectivity index (χ0) is 13.2. The summed E-state index contributed by atoms with van der Waals surface area (Å²) in [5.74, 6) is -0.504. The molecule has 0 saturated heterocycles. The van der Waals surface area contributed by atoms with E-state index in [1.54, 1.807) is 13.2 Å². The van der Waals surface area contributed by atoms with Crippen molar-refractivity contribution in [2.45, 2.75) is 29.2 Å². The van der Waals surface area contributed by atoms with E-state index in [9.17, 15) is 12.8 Å². The maximum absolute atomic E-state index is 13.8. The van der Waals surface area contributed by atoms with Crippen LogP contribution in [0.2, 0.25) is 0 Å². The van der Waals surface area contributed by atoms with Gasteiger partial charge in [0.05, 0.1) is 9.79 Å². The lowest BCUT2D eigenvalue weighted by atomic mass is 10.1. The van der Waals surface area contributed by atoms with Crippen LogP contribution in [0, 0.1) is 5.82 Å². The van der Waals surface area contributed by atoms with E-state index in [2.05, 4.69) is 0 Å². The molecule has 1 atom stereocenters. The fraction of sp³-hybridized carbons (Fsp3) is 0.455. The Labute approximate surface area is 106 Å². The Kier molecular flexibility index (Phi) is 4.57. The summed E-state index contributed by atoms with van der Waals surface area (Å²) < 4.78 is 36.9. The number of nitrogens with two attached hydrogens (primary N) is 1. The summed E-state index contributed by atoms with van der Waals surface area (Å²) in [4.78, 5) is 0.210. The lowest BCUT2D eigenvalue weighted by molar-refractivity contribution is 0.574. The SMILES string of the molecule is CSc1c(F)cc(CC(C)N)cc1S(C)(=O)=O. The van der Waals surface area contributed by atoms with Gasteiger partial charge >= 0.3 is 0 Å². The minimum atomic E-state index is -3.43. The number of benzene rings is 1. The second-order valence-electron chi connectivity index (χ2n) is 4.06. The van der Waals surface area contributed by atoms with Crippen LogP contribution in [0.1, 0.15) is 12.5 Å². The highest BCUT2D eigenvalue weighted by molar-refractivity contribution is 7.99. The molecule has 0 radical (unpaired) electrons. The van der Waals surface area contributed by atoms with E-state index in [0.29, 0.717) is 12.0 Å². The molecule has 0 bridgehead atoms. The molecule has 0 amide bonds. The average molecular weight is 277 g/mol.